The van der Waals surface area contributed by atoms with Gasteiger partial charge in [-0.3, -0.25) is 4.79 Å². The zero-order valence-electron chi connectivity index (χ0n) is 18.1. The fourth-order valence-electron chi connectivity index (χ4n) is 3.61. The predicted molar refractivity (Wildman–Crippen MR) is 120 cm³/mol. The van der Waals surface area contributed by atoms with Crippen molar-refractivity contribution in [2.24, 2.45) is 0 Å². The fraction of sp³-hybridized carbons (Fsp3) is 0.261. The highest BCUT2D eigenvalue weighted by atomic mass is 35.5. The molecule has 0 saturated carbocycles. The number of aromatic nitrogens is 3. The number of carbonyl (C=O) groups excluding carboxylic acids is 1. The summed E-state index contributed by atoms with van der Waals surface area (Å²) in [6.45, 7) is 3.44. The lowest BCUT2D eigenvalue weighted by Crippen LogP contribution is -2.48. The lowest BCUT2D eigenvalue weighted by molar-refractivity contribution is -0.137. The number of benzene rings is 1. The minimum Gasteiger partial charge on any atom is -0.353 e. The van der Waals surface area contributed by atoms with Gasteiger partial charge < -0.3 is 9.80 Å². The summed E-state index contributed by atoms with van der Waals surface area (Å²) in [5.74, 6) is -0.153. The highest BCUT2D eigenvalue weighted by Gasteiger charge is 2.31. The van der Waals surface area contributed by atoms with Crippen molar-refractivity contribution >= 4 is 29.4 Å². The van der Waals surface area contributed by atoms with E-state index in [1.807, 2.05) is 4.90 Å². The minimum absolute atomic E-state index is 0.218. The summed E-state index contributed by atoms with van der Waals surface area (Å²) in [7, 11) is 0. The smallest absolute Gasteiger partial charge is 0.353 e. The number of pyridine rings is 1. The standard InChI is InChI=1S/C23H20ClF4N5O/c1-15-19(22(24)33(30-15)18-5-3-17(25)4-6-18)7-9-21(34)32-12-10-31(11-13-32)20-8-2-16(14-29-20)23(26,27)28/h2-9,14H,10-13H2,1H3/b9-7+. The van der Waals surface area contributed by atoms with Crippen molar-refractivity contribution in [3.05, 3.63) is 76.5 Å². The normalized spacial score (nSPS) is 14.8. The third kappa shape index (κ3) is 5.06. The maximum atomic E-state index is 13.2. The average molecular weight is 494 g/mol. The molecule has 0 atom stereocenters. The molecule has 0 radical (unpaired) electrons. The molecule has 2 aromatic heterocycles. The molecule has 3 heterocycles. The van der Waals surface area contributed by atoms with E-state index in [-0.39, 0.29) is 11.7 Å². The van der Waals surface area contributed by atoms with E-state index in [4.69, 9.17) is 11.6 Å². The molecule has 1 aromatic carbocycles. The zero-order chi connectivity index (χ0) is 24.5. The van der Waals surface area contributed by atoms with Crippen molar-refractivity contribution in [2.45, 2.75) is 13.1 Å². The van der Waals surface area contributed by atoms with Crippen LogP contribution in [0.5, 0.6) is 0 Å². The summed E-state index contributed by atoms with van der Waals surface area (Å²) in [4.78, 5) is 20.1. The monoisotopic (exact) mass is 493 g/mol. The molecule has 6 nitrogen and oxygen atoms in total. The minimum atomic E-state index is -4.43. The summed E-state index contributed by atoms with van der Waals surface area (Å²) in [6, 6.07) is 8.06. The Balaban J connectivity index is 1.39. The molecular weight excluding hydrogens is 474 g/mol. The van der Waals surface area contributed by atoms with Crippen LogP contribution >= 0.6 is 11.6 Å². The van der Waals surface area contributed by atoms with E-state index in [1.165, 1.54) is 29.0 Å². The van der Waals surface area contributed by atoms with Crippen molar-refractivity contribution in [2.75, 3.05) is 31.1 Å². The molecule has 11 heteroatoms. The van der Waals surface area contributed by atoms with E-state index in [9.17, 15) is 22.4 Å². The van der Waals surface area contributed by atoms with Gasteiger partial charge in [-0.25, -0.2) is 14.1 Å². The van der Waals surface area contributed by atoms with Gasteiger partial charge in [0.15, 0.2) is 0 Å². The van der Waals surface area contributed by atoms with Gasteiger partial charge in [0.1, 0.15) is 16.8 Å². The van der Waals surface area contributed by atoms with E-state index in [0.717, 1.165) is 12.3 Å². The van der Waals surface area contributed by atoms with Gasteiger partial charge >= 0.3 is 6.18 Å². The van der Waals surface area contributed by atoms with Crippen LogP contribution in [-0.2, 0) is 11.0 Å². The van der Waals surface area contributed by atoms with E-state index < -0.39 is 11.7 Å². The van der Waals surface area contributed by atoms with Crippen LogP contribution in [0.3, 0.4) is 0 Å². The number of hydrogen-bond acceptors (Lipinski definition) is 4. The molecule has 0 aliphatic carbocycles. The molecule has 0 bridgehead atoms. The number of amides is 1. The van der Waals surface area contributed by atoms with Crippen LogP contribution in [0.25, 0.3) is 11.8 Å². The molecule has 1 fully saturated rings. The molecule has 4 rings (SSSR count). The lowest BCUT2D eigenvalue weighted by Gasteiger charge is -2.35. The maximum absolute atomic E-state index is 13.2. The molecule has 178 valence electrons. The van der Waals surface area contributed by atoms with E-state index in [0.29, 0.717) is 54.1 Å². The second kappa shape index (κ2) is 9.46. The Morgan fingerprint density at radius 2 is 1.74 bits per heavy atom. The zero-order valence-corrected chi connectivity index (χ0v) is 18.8. The Morgan fingerprint density at radius 3 is 2.32 bits per heavy atom. The molecular formula is C23H20ClF4N5O. The fourth-order valence-corrected chi connectivity index (χ4v) is 3.95. The molecule has 1 saturated heterocycles. The predicted octanol–water partition coefficient (Wildman–Crippen LogP) is 4.75. The number of rotatable bonds is 4. The second-order valence-electron chi connectivity index (χ2n) is 7.73. The van der Waals surface area contributed by atoms with Crippen LogP contribution in [0, 0.1) is 12.7 Å². The van der Waals surface area contributed by atoms with Crippen molar-refractivity contribution in [1.82, 2.24) is 19.7 Å². The first kappa shape index (κ1) is 23.7. The number of anilines is 1. The second-order valence-corrected chi connectivity index (χ2v) is 8.08. The van der Waals surface area contributed by atoms with Crippen LogP contribution < -0.4 is 4.90 Å². The van der Waals surface area contributed by atoms with Gasteiger partial charge in [0.05, 0.1) is 16.9 Å². The number of halogens is 5. The van der Waals surface area contributed by atoms with Crippen molar-refractivity contribution in [3.63, 3.8) is 0 Å². The summed E-state index contributed by atoms with van der Waals surface area (Å²) in [5.41, 5.74) is 0.976. The molecule has 0 spiro atoms. The first-order chi connectivity index (χ1) is 16.1. The van der Waals surface area contributed by atoms with Gasteiger partial charge in [-0.05, 0) is 49.4 Å². The summed E-state index contributed by atoms with van der Waals surface area (Å²) in [5, 5.41) is 4.67. The number of alkyl halides is 3. The quantitative estimate of drug-likeness (QED) is 0.389. The first-order valence-corrected chi connectivity index (χ1v) is 10.8. The van der Waals surface area contributed by atoms with Gasteiger partial charge in [-0.15, -0.1) is 0 Å². The van der Waals surface area contributed by atoms with Crippen molar-refractivity contribution in [3.8, 4) is 5.69 Å². The van der Waals surface area contributed by atoms with Crippen LogP contribution in [0.4, 0.5) is 23.4 Å². The van der Waals surface area contributed by atoms with Gasteiger partial charge in [0, 0.05) is 44.0 Å². The van der Waals surface area contributed by atoms with Gasteiger partial charge in [0.25, 0.3) is 0 Å². The van der Waals surface area contributed by atoms with Gasteiger partial charge in [-0.1, -0.05) is 11.6 Å². The largest absolute Gasteiger partial charge is 0.417 e. The lowest BCUT2D eigenvalue weighted by atomic mass is 10.2. The molecule has 0 N–H and O–H groups in total. The number of nitrogens with zero attached hydrogens (tertiary/aromatic N) is 5. The Hall–Kier alpha value is -3.40. The van der Waals surface area contributed by atoms with Crippen LogP contribution in [-0.4, -0.2) is 51.8 Å². The SMILES string of the molecule is Cc1nn(-c2ccc(F)cc2)c(Cl)c1/C=C/C(=O)N1CCN(c2ccc(C(F)(F)F)cn2)CC1. The highest BCUT2D eigenvalue weighted by molar-refractivity contribution is 6.31. The Kier molecular flexibility index (Phi) is 6.60. The summed E-state index contributed by atoms with van der Waals surface area (Å²) < 4.78 is 52.8. The number of aryl methyl sites for hydroxylation is 1. The Morgan fingerprint density at radius 1 is 1.06 bits per heavy atom. The number of carbonyl (C=O) groups is 1. The first-order valence-electron chi connectivity index (χ1n) is 10.4. The third-order valence-electron chi connectivity index (χ3n) is 5.50. The van der Waals surface area contributed by atoms with Crippen LogP contribution in [0.1, 0.15) is 16.8 Å². The van der Waals surface area contributed by atoms with E-state index >= 15 is 0 Å². The van der Waals surface area contributed by atoms with Gasteiger partial charge in [0.2, 0.25) is 5.91 Å². The van der Waals surface area contributed by atoms with Gasteiger partial charge in [-0.2, -0.15) is 18.3 Å². The van der Waals surface area contributed by atoms with Crippen molar-refractivity contribution < 1.29 is 22.4 Å². The third-order valence-corrected chi connectivity index (χ3v) is 5.87. The molecule has 0 unspecified atom stereocenters. The van der Waals surface area contributed by atoms with E-state index in [1.54, 1.807) is 30.0 Å². The summed E-state index contributed by atoms with van der Waals surface area (Å²) in [6.07, 6.45) is -0.610. The average Bonchev–Trinajstić information content (AvgIpc) is 3.10. The topological polar surface area (TPSA) is 54.3 Å². The molecule has 34 heavy (non-hydrogen) atoms. The maximum Gasteiger partial charge on any atom is 0.417 e. The van der Waals surface area contributed by atoms with Crippen molar-refractivity contribution in [1.29, 1.82) is 0 Å². The number of piperazine rings is 1. The summed E-state index contributed by atoms with van der Waals surface area (Å²) >= 11 is 6.45. The Bertz CT molecular complexity index is 1200. The van der Waals surface area contributed by atoms with Crippen LogP contribution in [0.15, 0.2) is 48.7 Å². The molecule has 1 aliphatic heterocycles. The highest BCUT2D eigenvalue weighted by Crippen LogP contribution is 2.29. The number of hydrogen-bond donors (Lipinski definition) is 0. The molecule has 1 amide bonds. The van der Waals surface area contributed by atoms with E-state index in [2.05, 4.69) is 10.1 Å². The molecule has 3 aromatic rings. The molecule has 1 aliphatic rings. The van der Waals surface area contributed by atoms with Crippen LogP contribution in [0.2, 0.25) is 5.15 Å². The Labute approximate surface area is 198 Å².